The summed E-state index contributed by atoms with van der Waals surface area (Å²) in [5, 5.41) is 13.3. The predicted octanol–water partition coefficient (Wildman–Crippen LogP) is 1.73. The molecule has 1 aromatic rings. The summed E-state index contributed by atoms with van der Waals surface area (Å²) in [4.78, 5) is 48.6. The normalized spacial score (nSPS) is 28.5. The van der Waals surface area contributed by atoms with Crippen LogP contribution in [0.5, 0.6) is 0 Å². The highest BCUT2D eigenvalue weighted by atomic mass is 16.6. The summed E-state index contributed by atoms with van der Waals surface area (Å²) in [5.41, 5.74) is 0.186. The number of non-ortho nitro benzene ring substituents is 1. The number of carbonyl (C=O) groups excluding carboxylic acids is 3. The molecular formula is C18H17N3O5. The molecule has 134 valence electrons. The average molecular weight is 355 g/mol. The van der Waals surface area contributed by atoms with E-state index in [1.807, 2.05) is 12.2 Å². The van der Waals surface area contributed by atoms with Crippen LogP contribution in [0.1, 0.15) is 12.8 Å². The Morgan fingerprint density at radius 2 is 1.85 bits per heavy atom. The van der Waals surface area contributed by atoms with Crippen molar-refractivity contribution in [3.8, 4) is 0 Å². The van der Waals surface area contributed by atoms with E-state index in [2.05, 4.69) is 5.32 Å². The first-order chi connectivity index (χ1) is 12.5. The van der Waals surface area contributed by atoms with Gasteiger partial charge in [0.15, 0.2) is 0 Å². The van der Waals surface area contributed by atoms with Gasteiger partial charge in [0.05, 0.1) is 16.8 Å². The Labute approximate surface area is 149 Å². The van der Waals surface area contributed by atoms with Gasteiger partial charge in [0, 0.05) is 30.8 Å². The third-order valence-electron chi connectivity index (χ3n) is 5.46. The van der Waals surface area contributed by atoms with Crippen LogP contribution in [-0.4, -0.2) is 34.1 Å². The van der Waals surface area contributed by atoms with E-state index in [-0.39, 0.29) is 54.1 Å². The van der Waals surface area contributed by atoms with Crippen molar-refractivity contribution < 1.29 is 19.3 Å². The van der Waals surface area contributed by atoms with E-state index in [1.54, 1.807) is 6.07 Å². The molecule has 3 aliphatic rings. The predicted molar refractivity (Wildman–Crippen MR) is 90.8 cm³/mol. The SMILES string of the molecule is O=C(CCN1C(=O)[C@H]2[C@H](C1=O)[C@H]1C=C[C@H]2C1)Nc1cccc([N+](=O)[O-])c1. The molecule has 0 unspecified atom stereocenters. The lowest BCUT2D eigenvalue weighted by Gasteiger charge is -2.16. The van der Waals surface area contributed by atoms with E-state index in [0.717, 1.165) is 6.42 Å². The standard InChI is InChI=1S/C18H17N3O5/c22-14(19-12-2-1-3-13(9-12)21(25)26)6-7-20-17(23)15-10-4-5-11(8-10)16(15)18(20)24/h1-5,9-11,15-16H,6-8H2,(H,19,22)/t10-,11-,15+,16+/m0/s1. The highest BCUT2D eigenvalue weighted by Crippen LogP contribution is 2.52. The van der Waals surface area contributed by atoms with E-state index in [1.165, 1.54) is 23.1 Å². The molecule has 2 bridgehead atoms. The zero-order valence-corrected chi connectivity index (χ0v) is 13.8. The molecule has 1 aliphatic heterocycles. The number of benzene rings is 1. The molecule has 8 heteroatoms. The van der Waals surface area contributed by atoms with Crippen molar-refractivity contribution >= 4 is 29.1 Å². The number of imide groups is 1. The summed E-state index contributed by atoms with van der Waals surface area (Å²) >= 11 is 0. The molecule has 1 heterocycles. The lowest BCUT2D eigenvalue weighted by atomic mass is 9.85. The van der Waals surface area contributed by atoms with Gasteiger partial charge in [0.25, 0.3) is 5.69 Å². The van der Waals surface area contributed by atoms with Gasteiger partial charge in [-0.05, 0) is 24.3 Å². The van der Waals surface area contributed by atoms with Crippen LogP contribution in [0.4, 0.5) is 11.4 Å². The molecule has 0 spiro atoms. The zero-order valence-electron chi connectivity index (χ0n) is 13.8. The van der Waals surface area contributed by atoms with E-state index >= 15 is 0 Å². The lowest BCUT2D eigenvalue weighted by Crippen LogP contribution is -2.35. The largest absolute Gasteiger partial charge is 0.326 e. The van der Waals surface area contributed by atoms with Crippen molar-refractivity contribution in [1.29, 1.82) is 0 Å². The van der Waals surface area contributed by atoms with Crippen LogP contribution in [-0.2, 0) is 14.4 Å². The smallest absolute Gasteiger partial charge is 0.271 e. The zero-order chi connectivity index (χ0) is 18.4. The highest BCUT2D eigenvalue weighted by Gasteiger charge is 2.58. The Bertz CT molecular complexity index is 819. The van der Waals surface area contributed by atoms with Crippen LogP contribution in [0.2, 0.25) is 0 Å². The molecule has 26 heavy (non-hydrogen) atoms. The van der Waals surface area contributed by atoms with Gasteiger partial charge in [-0.15, -0.1) is 0 Å². The molecule has 1 N–H and O–H groups in total. The van der Waals surface area contributed by atoms with Gasteiger partial charge in [0.1, 0.15) is 0 Å². The van der Waals surface area contributed by atoms with Gasteiger partial charge in [0.2, 0.25) is 17.7 Å². The number of likely N-dealkylation sites (tertiary alicyclic amines) is 1. The van der Waals surface area contributed by atoms with Gasteiger partial charge >= 0.3 is 0 Å². The molecule has 4 atom stereocenters. The summed E-state index contributed by atoms with van der Waals surface area (Å²) in [5.74, 6) is -1.01. The van der Waals surface area contributed by atoms with Crippen molar-refractivity contribution in [3.05, 3.63) is 46.5 Å². The van der Waals surface area contributed by atoms with Crippen LogP contribution in [0, 0.1) is 33.8 Å². The Morgan fingerprint density at radius 1 is 1.19 bits per heavy atom. The minimum atomic E-state index is -0.543. The number of nitrogens with zero attached hydrogens (tertiary/aromatic N) is 2. The summed E-state index contributed by atoms with van der Waals surface area (Å²) in [6.45, 7) is 0.0326. The van der Waals surface area contributed by atoms with Gasteiger partial charge in [-0.3, -0.25) is 29.4 Å². The van der Waals surface area contributed by atoms with Crippen LogP contribution in [0.3, 0.4) is 0 Å². The van der Waals surface area contributed by atoms with Crippen molar-refractivity contribution in [1.82, 2.24) is 4.90 Å². The Hall–Kier alpha value is -3.03. The van der Waals surface area contributed by atoms with Crippen molar-refractivity contribution in [2.45, 2.75) is 12.8 Å². The number of amides is 3. The van der Waals surface area contributed by atoms with E-state index < -0.39 is 10.8 Å². The van der Waals surface area contributed by atoms with Crippen LogP contribution in [0.25, 0.3) is 0 Å². The highest BCUT2D eigenvalue weighted by molar-refractivity contribution is 6.06. The fourth-order valence-electron chi connectivity index (χ4n) is 4.32. The van der Waals surface area contributed by atoms with E-state index in [0.29, 0.717) is 5.69 Å². The fourth-order valence-corrected chi connectivity index (χ4v) is 4.32. The third-order valence-corrected chi connectivity index (χ3v) is 5.46. The molecule has 1 saturated carbocycles. The van der Waals surface area contributed by atoms with Gasteiger partial charge in [-0.1, -0.05) is 18.2 Å². The second-order valence-electron chi connectivity index (χ2n) is 6.93. The summed E-state index contributed by atoms with van der Waals surface area (Å²) in [7, 11) is 0. The Kier molecular flexibility index (Phi) is 3.82. The first kappa shape index (κ1) is 16.4. The molecule has 3 amide bonds. The second kappa shape index (κ2) is 6.05. The van der Waals surface area contributed by atoms with Gasteiger partial charge in [-0.25, -0.2) is 0 Å². The minimum Gasteiger partial charge on any atom is -0.326 e. The van der Waals surface area contributed by atoms with Gasteiger partial charge < -0.3 is 5.32 Å². The number of anilines is 1. The molecule has 4 rings (SSSR count). The molecule has 1 aromatic carbocycles. The maximum absolute atomic E-state index is 12.5. The number of allylic oxidation sites excluding steroid dienone is 2. The third kappa shape index (κ3) is 2.58. The molecule has 1 saturated heterocycles. The number of nitro groups is 1. The number of nitrogens with one attached hydrogen (secondary N) is 1. The summed E-state index contributed by atoms with van der Waals surface area (Å²) in [6.07, 6.45) is 4.88. The van der Waals surface area contributed by atoms with Crippen molar-refractivity contribution in [2.75, 3.05) is 11.9 Å². The minimum absolute atomic E-state index is 0.0326. The van der Waals surface area contributed by atoms with Crippen LogP contribution in [0.15, 0.2) is 36.4 Å². The number of hydrogen-bond donors (Lipinski definition) is 1. The lowest BCUT2D eigenvalue weighted by molar-refractivity contribution is -0.384. The van der Waals surface area contributed by atoms with E-state index in [4.69, 9.17) is 0 Å². The monoisotopic (exact) mass is 355 g/mol. The maximum atomic E-state index is 12.5. The number of rotatable bonds is 5. The number of hydrogen-bond acceptors (Lipinski definition) is 5. The number of carbonyl (C=O) groups is 3. The number of nitro benzene ring substituents is 1. The van der Waals surface area contributed by atoms with Crippen molar-refractivity contribution in [2.24, 2.45) is 23.7 Å². The van der Waals surface area contributed by atoms with E-state index in [9.17, 15) is 24.5 Å². The maximum Gasteiger partial charge on any atom is 0.271 e. The summed E-state index contributed by atoms with van der Waals surface area (Å²) in [6, 6.07) is 5.62. The second-order valence-corrected chi connectivity index (χ2v) is 6.93. The molecule has 0 radical (unpaired) electrons. The molecule has 0 aromatic heterocycles. The Balaban J connectivity index is 1.37. The topological polar surface area (TPSA) is 110 Å². The Morgan fingerprint density at radius 3 is 2.46 bits per heavy atom. The average Bonchev–Trinajstić information content (AvgIpc) is 3.28. The fraction of sp³-hybridized carbons (Fsp3) is 0.389. The van der Waals surface area contributed by atoms with Crippen LogP contribution >= 0.6 is 0 Å². The van der Waals surface area contributed by atoms with Crippen molar-refractivity contribution in [3.63, 3.8) is 0 Å². The molecule has 2 fully saturated rings. The quantitative estimate of drug-likeness (QED) is 0.374. The first-order valence-corrected chi connectivity index (χ1v) is 8.53. The van der Waals surface area contributed by atoms with Gasteiger partial charge in [-0.2, -0.15) is 0 Å². The van der Waals surface area contributed by atoms with Crippen LogP contribution < -0.4 is 5.32 Å². The molecule has 8 nitrogen and oxygen atoms in total. The molecular weight excluding hydrogens is 338 g/mol. The molecule has 2 aliphatic carbocycles. The first-order valence-electron chi connectivity index (χ1n) is 8.53. The summed E-state index contributed by atoms with van der Waals surface area (Å²) < 4.78 is 0. The number of fused-ring (bicyclic) bond motifs is 5.